The van der Waals surface area contributed by atoms with Gasteiger partial charge in [0.1, 0.15) is 6.61 Å². The van der Waals surface area contributed by atoms with Gasteiger partial charge in [0.15, 0.2) is 0 Å². The van der Waals surface area contributed by atoms with Gasteiger partial charge in [-0.25, -0.2) is 8.78 Å². The Balaban J connectivity index is 2.81. The standard InChI is InChI=1S/C14H18ClF2NO2/c1-9(2)12(10-3-5-11(15)6-4-10)13(20)18-7-14(16,17)8-19/h3-6,9,12,19H,7-8H2,1-2H3,(H,18,20). The molecule has 1 unspecified atom stereocenters. The van der Waals surface area contributed by atoms with Gasteiger partial charge in [-0.1, -0.05) is 37.6 Å². The lowest BCUT2D eigenvalue weighted by atomic mass is 9.87. The Kier molecular flexibility index (Phi) is 5.89. The summed E-state index contributed by atoms with van der Waals surface area (Å²) in [5, 5.41) is 11.2. The molecule has 0 aliphatic rings. The number of aliphatic hydroxyl groups excluding tert-OH is 1. The van der Waals surface area contributed by atoms with E-state index in [0.29, 0.717) is 10.6 Å². The second-order valence-electron chi connectivity index (χ2n) is 5.01. The molecule has 6 heteroatoms. The highest BCUT2D eigenvalue weighted by Crippen LogP contribution is 2.26. The summed E-state index contributed by atoms with van der Waals surface area (Å²) in [5.41, 5.74) is 0.717. The van der Waals surface area contributed by atoms with Crippen LogP contribution in [-0.2, 0) is 4.79 Å². The monoisotopic (exact) mass is 305 g/mol. The lowest BCUT2D eigenvalue weighted by Gasteiger charge is -2.22. The highest BCUT2D eigenvalue weighted by molar-refractivity contribution is 6.30. The van der Waals surface area contributed by atoms with Crippen LogP contribution in [0.5, 0.6) is 0 Å². The minimum Gasteiger partial charge on any atom is -0.390 e. The van der Waals surface area contributed by atoms with Crippen molar-refractivity contribution in [1.29, 1.82) is 0 Å². The molecule has 1 aromatic carbocycles. The highest BCUT2D eigenvalue weighted by atomic mass is 35.5. The van der Waals surface area contributed by atoms with Gasteiger partial charge >= 0.3 is 0 Å². The average molecular weight is 306 g/mol. The first-order chi connectivity index (χ1) is 9.26. The van der Waals surface area contributed by atoms with E-state index in [1.165, 1.54) is 0 Å². The van der Waals surface area contributed by atoms with E-state index < -0.39 is 30.9 Å². The maximum Gasteiger partial charge on any atom is 0.287 e. The first-order valence-corrected chi connectivity index (χ1v) is 6.66. The Bertz CT molecular complexity index is 449. The number of hydrogen-bond acceptors (Lipinski definition) is 2. The van der Waals surface area contributed by atoms with Crippen molar-refractivity contribution in [2.45, 2.75) is 25.7 Å². The summed E-state index contributed by atoms with van der Waals surface area (Å²) in [4.78, 5) is 12.1. The number of aliphatic hydroxyl groups is 1. The van der Waals surface area contributed by atoms with Crippen LogP contribution in [0.2, 0.25) is 5.02 Å². The summed E-state index contributed by atoms with van der Waals surface area (Å²) < 4.78 is 25.9. The molecule has 1 atom stereocenters. The molecule has 0 heterocycles. The number of alkyl halides is 2. The third-order valence-electron chi connectivity index (χ3n) is 2.93. The lowest BCUT2D eigenvalue weighted by Crippen LogP contribution is -2.41. The average Bonchev–Trinajstić information content (AvgIpc) is 2.39. The van der Waals surface area contributed by atoms with Crippen LogP contribution < -0.4 is 5.32 Å². The third-order valence-corrected chi connectivity index (χ3v) is 3.18. The fourth-order valence-electron chi connectivity index (χ4n) is 1.89. The van der Waals surface area contributed by atoms with Crippen molar-refractivity contribution in [2.24, 2.45) is 5.92 Å². The number of rotatable bonds is 6. The van der Waals surface area contributed by atoms with E-state index in [0.717, 1.165) is 0 Å². The summed E-state index contributed by atoms with van der Waals surface area (Å²) in [6.07, 6.45) is 0. The first-order valence-electron chi connectivity index (χ1n) is 6.28. The van der Waals surface area contributed by atoms with E-state index in [1.54, 1.807) is 24.3 Å². The van der Waals surface area contributed by atoms with Crippen molar-refractivity contribution in [1.82, 2.24) is 5.32 Å². The molecule has 0 fully saturated rings. The van der Waals surface area contributed by atoms with E-state index in [4.69, 9.17) is 16.7 Å². The van der Waals surface area contributed by atoms with Crippen LogP contribution in [-0.4, -0.2) is 30.1 Å². The number of nitrogens with one attached hydrogen (secondary N) is 1. The summed E-state index contributed by atoms with van der Waals surface area (Å²) in [6.45, 7) is 1.51. The van der Waals surface area contributed by atoms with Crippen LogP contribution in [0.4, 0.5) is 8.78 Å². The van der Waals surface area contributed by atoms with Crippen LogP contribution in [0.15, 0.2) is 24.3 Å². The molecule has 0 radical (unpaired) electrons. The van der Waals surface area contributed by atoms with Crippen LogP contribution in [0.1, 0.15) is 25.3 Å². The quantitative estimate of drug-likeness (QED) is 0.849. The molecule has 20 heavy (non-hydrogen) atoms. The van der Waals surface area contributed by atoms with E-state index in [-0.39, 0.29) is 5.92 Å². The fraction of sp³-hybridized carbons (Fsp3) is 0.500. The fourth-order valence-corrected chi connectivity index (χ4v) is 2.02. The van der Waals surface area contributed by atoms with Gasteiger partial charge in [0, 0.05) is 5.02 Å². The van der Waals surface area contributed by atoms with Gasteiger partial charge in [-0.15, -0.1) is 0 Å². The minimum atomic E-state index is -3.31. The Morgan fingerprint density at radius 2 is 1.90 bits per heavy atom. The smallest absolute Gasteiger partial charge is 0.287 e. The first kappa shape index (κ1) is 16.9. The number of carbonyl (C=O) groups is 1. The molecule has 0 spiro atoms. The molecular weight excluding hydrogens is 288 g/mol. The maximum absolute atomic E-state index is 13.0. The Hall–Kier alpha value is -1.20. The highest BCUT2D eigenvalue weighted by Gasteiger charge is 2.31. The largest absolute Gasteiger partial charge is 0.390 e. The molecule has 0 saturated heterocycles. The zero-order valence-corrected chi connectivity index (χ0v) is 12.1. The van der Waals surface area contributed by atoms with E-state index in [9.17, 15) is 13.6 Å². The molecule has 112 valence electrons. The lowest BCUT2D eigenvalue weighted by molar-refractivity contribution is -0.126. The normalized spacial score (nSPS) is 13.3. The van der Waals surface area contributed by atoms with Crippen LogP contribution in [0.3, 0.4) is 0 Å². The van der Waals surface area contributed by atoms with Gasteiger partial charge in [0.2, 0.25) is 5.91 Å². The van der Waals surface area contributed by atoms with Gasteiger partial charge in [-0.05, 0) is 23.6 Å². The summed E-state index contributed by atoms with van der Waals surface area (Å²) in [5.74, 6) is -4.40. The molecule has 0 aliphatic heterocycles. The van der Waals surface area contributed by atoms with Crippen molar-refractivity contribution in [3.8, 4) is 0 Å². The molecule has 0 aliphatic carbocycles. The third kappa shape index (κ3) is 4.72. The van der Waals surface area contributed by atoms with Crippen LogP contribution in [0, 0.1) is 5.92 Å². The minimum absolute atomic E-state index is 0.0566. The number of carbonyl (C=O) groups excluding carboxylic acids is 1. The molecule has 0 saturated carbocycles. The molecule has 0 aromatic heterocycles. The molecule has 2 N–H and O–H groups in total. The molecule has 0 bridgehead atoms. The second-order valence-corrected chi connectivity index (χ2v) is 5.44. The van der Waals surface area contributed by atoms with E-state index in [1.807, 2.05) is 13.8 Å². The van der Waals surface area contributed by atoms with Gasteiger partial charge in [0.25, 0.3) is 5.92 Å². The second kappa shape index (κ2) is 6.99. The zero-order valence-electron chi connectivity index (χ0n) is 11.4. The predicted octanol–water partition coefficient (Wildman–Crippen LogP) is 2.82. The van der Waals surface area contributed by atoms with Crippen LogP contribution in [0.25, 0.3) is 0 Å². The molecule has 3 nitrogen and oxygen atoms in total. The van der Waals surface area contributed by atoms with E-state index in [2.05, 4.69) is 5.32 Å². The topological polar surface area (TPSA) is 49.3 Å². The Morgan fingerprint density at radius 3 is 2.35 bits per heavy atom. The summed E-state index contributed by atoms with van der Waals surface area (Å²) >= 11 is 5.79. The van der Waals surface area contributed by atoms with Crippen molar-refractivity contribution in [3.05, 3.63) is 34.9 Å². The predicted molar refractivity (Wildman–Crippen MR) is 74.1 cm³/mol. The van der Waals surface area contributed by atoms with E-state index >= 15 is 0 Å². The molecule has 1 aromatic rings. The maximum atomic E-state index is 13.0. The van der Waals surface area contributed by atoms with Crippen LogP contribution >= 0.6 is 11.6 Å². The summed E-state index contributed by atoms with van der Waals surface area (Å²) in [6, 6.07) is 6.72. The molecular formula is C14H18ClF2NO2. The number of amides is 1. The Morgan fingerprint density at radius 1 is 1.35 bits per heavy atom. The number of benzene rings is 1. The van der Waals surface area contributed by atoms with Crippen molar-refractivity contribution in [2.75, 3.05) is 13.2 Å². The zero-order chi connectivity index (χ0) is 15.3. The number of halogens is 3. The summed E-state index contributed by atoms with van der Waals surface area (Å²) in [7, 11) is 0. The molecule has 1 amide bonds. The molecule has 1 rings (SSSR count). The van der Waals surface area contributed by atoms with Gasteiger partial charge < -0.3 is 10.4 Å². The SMILES string of the molecule is CC(C)C(C(=O)NCC(F)(F)CO)c1ccc(Cl)cc1. The van der Waals surface area contributed by atoms with Crippen molar-refractivity contribution in [3.63, 3.8) is 0 Å². The van der Waals surface area contributed by atoms with Gasteiger partial charge in [-0.2, -0.15) is 0 Å². The van der Waals surface area contributed by atoms with Crippen molar-refractivity contribution >= 4 is 17.5 Å². The Labute approximate surface area is 121 Å². The van der Waals surface area contributed by atoms with Crippen molar-refractivity contribution < 1.29 is 18.7 Å². The van der Waals surface area contributed by atoms with Gasteiger partial charge in [0.05, 0.1) is 12.5 Å². The van der Waals surface area contributed by atoms with Gasteiger partial charge in [-0.3, -0.25) is 4.79 Å². The number of hydrogen-bond donors (Lipinski definition) is 2.